The number of para-hydroxylation sites is 1. The Balaban J connectivity index is 0.965. The number of fused-ring (bicyclic) bond motifs is 7. The van der Waals surface area contributed by atoms with Crippen LogP contribution in [0, 0.1) is 0 Å². The first-order chi connectivity index (χ1) is 30.7. The maximum atomic E-state index is 6.27. The van der Waals surface area contributed by atoms with Gasteiger partial charge in [0, 0.05) is 27.8 Å². The summed E-state index contributed by atoms with van der Waals surface area (Å²) in [6, 6.07) is 85.6. The maximum Gasteiger partial charge on any atom is 0.136 e. The Labute approximate surface area is 360 Å². The fourth-order valence-electron chi connectivity index (χ4n) is 9.40. The molecule has 2 nitrogen and oxygen atoms in total. The minimum absolute atomic E-state index is 0.898. The van der Waals surface area contributed by atoms with Gasteiger partial charge in [-0.2, -0.15) is 0 Å². The molecule has 0 saturated carbocycles. The van der Waals surface area contributed by atoms with Crippen LogP contribution >= 0.6 is 0 Å². The fourth-order valence-corrected chi connectivity index (χ4v) is 9.40. The summed E-state index contributed by atoms with van der Waals surface area (Å²) in [6.45, 7) is 0. The predicted octanol–water partition coefficient (Wildman–Crippen LogP) is 17.2. The smallest absolute Gasteiger partial charge is 0.136 e. The van der Waals surface area contributed by atoms with Crippen LogP contribution in [0.5, 0.6) is 0 Å². The van der Waals surface area contributed by atoms with E-state index in [4.69, 9.17) is 4.42 Å². The van der Waals surface area contributed by atoms with Crippen molar-refractivity contribution in [3.63, 3.8) is 0 Å². The van der Waals surface area contributed by atoms with Gasteiger partial charge in [0.05, 0.1) is 0 Å². The van der Waals surface area contributed by atoms with Crippen LogP contribution in [0.25, 0.3) is 98.8 Å². The van der Waals surface area contributed by atoms with Crippen molar-refractivity contribution < 1.29 is 4.42 Å². The van der Waals surface area contributed by atoms with Gasteiger partial charge >= 0.3 is 0 Å². The molecule has 0 amide bonds. The van der Waals surface area contributed by atoms with Crippen molar-refractivity contribution in [2.75, 3.05) is 4.90 Å². The second kappa shape index (κ2) is 14.8. The highest BCUT2D eigenvalue weighted by atomic mass is 16.3. The van der Waals surface area contributed by atoms with Gasteiger partial charge in [-0.1, -0.05) is 182 Å². The Hall–Kier alpha value is -8.20. The highest BCUT2D eigenvalue weighted by Gasteiger charge is 2.17. The Morgan fingerprint density at radius 1 is 0.258 bits per heavy atom. The molecule has 290 valence electrons. The van der Waals surface area contributed by atoms with Crippen molar-refractivity contribution in [3.8, 4) is 44.5 Å². The first-order valence-corrected chi connectivity index (χ1v) is 21.2. The summed E-state index contributed by atoms with van der Waals surface area (Å²) < 4.78 is 6.27. The Morgan fingerprint density at radius 3 is 1.52 bits per heavy atom. The molecule has 12 aromatic rings. The summed E-state index contributed by atoms with van der Waals surface area (Å²) in [5.74, 6) is 0. The van der Waals surface area contributed by atoms with Crippen LogP contribution in [0.4, 0.5) is 17.1 Å². The summed E-state index contributed by atoms with van der Waals surface area (Å²) in [4.78, 5) is 2.38. The van der Waals surface area contributed by atoms with Gasteiger partial charge in [-0.05, 0) is 131 Å². The highest BCUT2D eigenvalue weighted by molar-refractivity contribution is 6.12. The maximum absolute atomic E-state index is 6.27. The van der Waals surface area contributed by atoms with Crippen molar-refractivity contribution in [2.45, 2.75) is 0 Å². The Kier molecular flexibility index (Phi) is 8.53. The second-order valence-corrected chi connectivity index (χ2v) is 16.1. The lowest BCUT2D eigenvalue weighted by Gasteiger charge is -2.27. The van der Waals surface area contributed by atoms with Gasteiger partial charge in [0.15, 0.2) is 0 Å². The molecule has 2 heteroatoms. The van der Waals surface area contributed by atoms with Crippen LogP contribution in [0.1, 0.15) is 0 Å². The van der Waals surface area contributed by atoms with Crippen molar-refractivity contribution in [2.24, 2.45) is 0 Å². The first-order valence-electron chi connectivity index (χ1n) is 21.2. The van der Waals surface area contributed by atoms with Gasteiger partial charge in [-0.3, -0.25) is 0 Å². The number of furan rings is 1. The van der Waals surface area contributed by atoms with E-state index in [1.807, 2.05) is 12.1 Å². The molecule has 0 radical (unpaired) electrons. The minimum atomic E-state index is 0.898. The Bertz CT molecular complexity index is 3630. The molecule has 0 fully saturated rings. The molecule has 1 heterocycles. The van der Waals surface area contributed by atoms with Crippen LogP contribution < -0.4 is 4.90 Å². The van der Waals surface area contributed by atoms with Crippen LogP contribution in [0.15, 0.2) is 241 Å². The normalized spacial score (nSPS) is 11.5. The third-order valence-electron chi connectivity index (χ3n) is 12.4. The third-order valence-corrected chi connectivity index (χ3v) is 12.4. The van der Waals surface area contributed by atoms with Crippen LogP contribution in [0.3, 0.4) is 0 Å². The molecule has 0 spiro atoms. The van der Waals surface area contributed by atoms with E-state index in [1.54, 1.807) is 0 Å². The van der Waals surface area contributed by atoms with Crippen LogP contribution in [-0.2, 0) is 0 Å². The van der Waals surface area contributed by atoms with E-state index in [2.05, 4.69) is 229 Å². The van der Waals surface area contributed by atoms with E-state index in [0.717, 1.165) is 61.3 Å². The highest BCUT2D eigenvalue weighted by Crippen LogP contribution is 2.42. The molecule has 0 aliphatic heterocycles. The zero-order valence-electron chi connectivity index (χ0n) is 33.9. The molecule has 0 bridgehead atoms. The minimum Gasteiger partial charge on any atom is -0.456 e. The zero-order valence-corrected chi connectivity index (χ0v) is 33.9. The molecule has 12 rings (SSSR count). The molecule has 0 aliphatic carbocycles. The monoisotopic (exact) mass is 789 g/mol. The quantitative estimate of drug-likeness (QED) is 0.150. The number of hydrogen-bond donors (Lipinski definition) is 0. The molecular weight excluding hydrogens is 751 g/mol. The number of anilines is 3. The molecular formula is C60H39NO. The van der Waals surface area contributed by atoms with E-state index in [1.165, 1.54) is 54.6 Å². The molecule has 62 heavy (non-hydrogen) atoms. The van der Waals surface area contributed by atoms with Crippen molar-refractivity contribution in [3.05, 3.63) is 237 Å². The second-order valence-electron chi connectivity index (χ2n) is 16.1. The summed E-state index contributed by atoms with van der Waals surface area (Å²) in [7, 11) is 0. The number of nitrogens with zero attached hydrogens (tertiary/aromatic N) is 1. The standard InChI is InChI=1S/C60H39NO/c1-3-18-52-41(11-1)13-9-21-53(52)43-27-25-40(26-28-43)46-14-7-16-50(37-46)61(49-35-33-44(34-36-49)55-22-10-24-59-60(55)56-20-5-6-23-58(56)62-59)51-17-8-15-47(38-51)48-32-31-45-30-29-42-12-2-4-19-54(42)57(45)39-48/h1-39H. The van der Waals surface area contributed by atoms with Crippen LogP contribution in [-0.4, -0.2) is 0 Å². The zero-order chi connectivity index (χ0) is 41.0. The van der Waals surface area contributed by atoms with Gasteiger partial charge in [-0.15, -0.1) is 0 Å². The molecule has 0 unspecified atom stereocenters. The van der Waals surface area contributed by atoms with Crippen molar-refractivity contribution >= 4 is 71.3 Å². The fraction of sp³-hybridized carbons (Fsp3) is 0. The average Bonchev–Trinajstić information content (AvgIpc) is 3.73. The molecule has 0 aliphatic rings. The lowest BCUT2D eigenvalue weighted by Crippen LogP contribution is -2.10. The van der Waals surface area contributed by atoms with E-state index in [-0.39, 0.29) is 0 Å². The lowest BCUT2D eigenvalue weighted by molar-refractivity contribution is 0.669. The van der Waals surface area contributed by atoms with Crippen molar-refractivity contribution in [1.82, 2.24) is 0 Å². The van der Waals surface area contributed by atoms with E-state index < -0.39 is 0 Å². The molecule has 0 saturated heterocycles. The topological polar surface area (TPSA) is 16.4 Å². The predicted molar refractivity (Wildman–Crippen MR) is 263 cm³/mol. The van der Waals surface area contributed by atoms with E-state index in [0.29, 0.717) is 0 Å². The molecule has 1 aromatic heterocycles. The average molecular weight is 790 g/mol. The van der Waals surface area contributed by atoms with Gasteiger partial charge in [0.25, 0.3) is 0 Å². The largest absolute Gasteiger partial charge is 0.456 e. The molecule has 0 N–H and O–H groups in total. The van der Waals surface area contributed by atoms with Gasteiger partial charge < -0.3 is 9.32 Å². The van der Waals surface area contributed by atoms with Crippen LogP contribution in [0.2, 0.25) is 0 Å². The van der Waals surface area contributed by atoms with Crippen molar-refractivity contribution in [1.29, 1.82) is 0 Å². The van der Waals surface area contributed by atoms with Gasteiger partial charge in [0.2, 0.25) is 0 Å². The number of hydrogen-bond acceptors (Lipinski definition) is 2. The molecule has 0 atom stereocenters. The van der Waals surface area contributed by atoms with Gasteiger partial charge in [0.1, 0.15) is 11.2 Å². The third kappa shape index (κ3) is 6.20. The van der Waals surface area contributed by atoms with E-state index in [9.17, 15) is 0 Å². The Morgan fingerprint density at radius 2 is 0.742 bits per heavy atom. The number of benzene rings is 11. The van der Waals surface area contributed by atoms with Gasteiger partial charge in [-0.25, -0.2) is 0 Å². The summed E-state index contributed by atoms with van der Waals surface area (Å²) in [5.41, 5.74) is 14.5. The number of rotatable bonds is 7. The SMILES string of the molecule is c1cc(-c2ccc(-c3cccc4ccccc34)cc2)cc(N(c2ccc(-c3cccc4oc5ccccc5c34)cc2)c2cccc(-c3ccc4ccc5ccccc5c4c3)c2)c1. The molecule has 11 aromatic carbocycles. The summed E-state index contributed by atoms with van der Waals surface area (Å²) in [5, 5.41) is 9.81. The first kappa shape index (κ1) is 35.7. The summed E-state index contributed by atoms with van der Waals surface area (Å²) >= 11 is 0. The lowest BCUT2D eigenvalue weighted by atomic mass is 9.96. The van der Waals surface area contributed by atoms with E-state index >= 15 is 0 Å². The summed E-state index contributed by atoms with van der Waals surface area (Å²) in [6.07, 6.45) is 0.